The summed E-state index contributed by atoms with van der Waals surface area (Å²) in [6.07, 6.45) is -1.31. The molecule has 106 valence electrons. The maximum atomic E-state index is 12.4. The first-order valence-corrected chi connectivity index (χ1v) is 6.43. The third-order valence-corrected chi connectivity index (χ3v) is 3.02. The second kappa shape index (κ2) is 6.75. The SMILES string of the molecule is CCCNC(C)/C(C)=C/c1ccc(C(F)(F)F)cc1. The van der Waals surface area contributed by atoms with E-state index in [0.29, 0.717) is 0 Å². The van der Waals surface area contributed by atoms with Crippen LogP contribution in [0, 0.1) is 0 Å². The number of alkyl halides is 3. The highest BCUT2D eigenvalue weighted by molar-refractivity contribution is 5.54. The largest absolute Gasteiger partial charge is 0.416 e. The molecule has 0 amide bonds. The van der Waals surface area contributed by atoms with Gasteiger partial charge in [0.2, 0.25) is 0 Å². The Balaban J connectivity index is 2.76. The minimum absolute atomic E-state index is 0.224. The number of halogens is 3. The Bertz CT molecular complexity index is 418. The van der Waals surface area contributed by atoms with Gasteiger partial charge in [0.1, 0.15) is 0 Å². The van der Waals surface area contributed by atoms with Crippen molar-refractivity contribution < 1.29 is 13.2 Å². The lowest BCUT2D eigenvalue weighted by molar-refractivity contribution is -0.137. The molecule has 1 rings (SSSR count). The van der Waals surface area contributed by atoms with Crippen LogP contribution in [0.25, 0.3) is 6.08 Å². The molecule has 0 aromatic heterocycles. The second-order valence-corrected chi connectivity index (χ2v) is 4.68. The first kappa shape index (κ1) is 15.8. The van der Waals surface area contributed by atoms with Crippen LogP contribution in [0.15, 0.2) is 29.8 Å². The van der Waals surface area contributed by atoms with Crippen LogP contribution in [0.4, 0.5) is 13.2 Å². The summed E-state index contributed by atoms with van der Waals surface area (Å²) in [5.41, 5.74) is 1.28. The Morgan fingerprint density at radius 3 is 2.32 bits per heavy atom. The summed E-state index contributed by atoms with van der Waals surface area (Å²) >= 11 is 0. The molecule has 0 radical (unpaired) electrons. The fraction of sp³-hybridized carbons (Fsp3) is 0.467. The summed E-state index contributed by atoms with van der Waals surface area (Å²) in [6, 6.07) is 5.45. The molecular formula is C15H20F3N. The highest BCUT2D eigenvalue weighted by Gasteiger charge is 2.29. The van der Waals surface area contributed by atoms with E-state index in [4.69, 9.17) is 0 Å². The fourth-order valence-corrected chi connectivity index (χ4v) is 1.68. The molecule has 0 spiro atoms. The number of benzene rings is 1. The van der Waals surface area contributed by atoms with Gasteiger partial charge in [-0.05, 0) is 44.5 Å². The van der Waals surface area contributed by atoms with Crippen molar-refractivity contribution in [3.63, 3.8) is 0 Å². The van der Waals surface area contributed by atoms with Gasteiger partial charge >= 0.3 is 6.18 Å². The monoisotopic (exact) mass is 271 g/mol. The van der Waals surface area contributed by atoms with Crippen LogP contribution in [-0.2, 0) is 6.18 Å². The van der Waals surface area contributed by atoms with Gasteiger partial charge in [-0.15, -0.1) is 0 Å². The zero-order valence-electron chi connectivity index (χ0n) is 11.5. The molecule has 0 bridgehead atoms. The predicted octanol–water partition coefficient (Wildman–Crippen LogP) is 4.50. The molecule has 0 saturated heterocycles. The number of hydrogen-bond donors (Lipinski definition) is 1. The van der Waals surface area contributed by atoms with E-state index in [1.54, 1.807) is 0 Å². The molecular weight excluding hydrogens is 251 g/mol. The Labute approximate surface area is 112 Å². The maximum Gasteiger partial charge on any atom is 0.416 e. The van der Waals surface area contributed by atoms with E-state index in [1.165, 1.54) is 12.1 Å². The molecule has 0 fully saturated rings. The Kier molecular flexibility index (Phi) is 5.60. The summed E-state index contributed by atoms with van der Waals surface area (Å²) in [5, 5.41) is 3.34. The molecule has 0 saturated carbocycles. The lowest BCUT2D eigenvalue weighted by Crippen LogP contribution is -2.27. The standard InChI is InChI=1S/C15H20F3N/c1-4-9-19-12(3)11(2)10-13-5-7-14(8-6-13)15(16,17)18/h5-8,10,12,19H,4,9H2,1-3H3/b11-10+. The van der Waals surface area contributed by atoms with Crippen molar-refractivity contribution in [1.29, 1.82) is 0 Å². The third-order valence-electron chi connectivity index (χ3n) is 3.02. The third kappa shape index (κ3) is 5.07. The van der Waals surface area contributed by atoms with E-state index < -0.39 is 11.7 Å². The Hall–Kier alpha value is -1.29. The molecule has 0 heterocycles. The smallest absolute Gasteiger partial charge is 0.311 e. The van der Waals surface area contributed by atoms with Crippen LogP contribution < -0.4 is 5.32 Å². The lowest BCUT2D eigenvalue weighted by atomic mass is 10.1. The first-order valence-electron chi connectivity index (χ1n) is 6.43. The van der Waals surface area contributed by atoms with Gasteiger partial charge in [0.05, 0.1) is 5.56 Å². The van der Waals surface area contributed by atoms with Crippen molar-refractivity contribution in [3.8, 4) is 0 Å². The van der Waals surface area contributed by atoms with E-state index in [0.717, 1.165) is 36.2 Å². The van der Waals surface area contributed by atoms with Gasteiger partial charge in [-0.2, -0.15) is 13.2 Å². The molecule has 0 aliphatic rings. The minimum Gasteiger partial charge on any atom is -0.311 e. The lowest BCUT2D eigenvalue weighted by Gasteiger charge is -2.14. The molecule has 1 aromatic carbocycles. The van der Waals surface area contributed by atoms with Crippen LogP contribution in [0.1, 0.15) is 38.3 Å². The summed E-state index contributed by atoms with van der Waals surface area (Å²) < 4.78 is 37.3. The molecule has 19 heavy (non-hydrogen) atoms. The molecule has 1 N–H and O–H groups in total. The molecule has 1 nitrogen and oxygen atoms in total. The average molecular weight is 271 g/mol. The zero-order valence-corrected chi connectivity index (χ0v) is 11.5. The average Bonchev–Trinajstić information content (AvgIpc) is 2.35. The minimum atomic E-state index is -4.27. The topological polar surface area (TPSA) is 12.0 Å². The van der Waals surface area contributed by atoms with Crippen LogP contribution in [-0.4, -0.2) is 12.6 Å². The molecule has 0 aliphatic carbocycles. The fourth-order valence-electron chi connectivity index (χ4n) is 1.68. The van der Waals surface area contributed by atoms with Gasteiger partial charge in [0.25, 0.3) is 0 Å². The molecule has 0 aliphatic heterocycles. The van der Waals surface area contributed by atoms with E-state index in [1.807, 2.05) is 19.9 Å². The molecule has 1 atom stereocenters. The molecule has 1 unspecified atom stereocenters. The first-order chi connectivity index (χ1) is 8.84. The van der Waals surface area contributed by atoms with E-state index in [-0.39, 0.29) is 6.04 Å². The van der Waals surface area contributed by atoms with Gasteiger partial charge in [0, 0.05) is 6.04 Å². The van der Waals surface area contributed by atoms with Crippen molar-refractivity contribution in [2.75, 3.05) is 6.54 Å². The highest BCUT2D eigenvalue weighted by atomic mass is 19.4. The van der Waals surface area contributed by atoms with Gasteiger partial charge in [-0.3, -0.25) is 0 Å². The van der Waals surface area contributed by atoms with Crippen LogP contribution in [0.2, 0.25) is 0 Å². The predicted molar refractivity (Wildman–Crippen MR) is 72.9 cm³/mol. The van der Waals surface area contributed by atoms with Crippen molar-refractivity contribution in [2.24, 2.45) is 0 Å². The molecule has 1 aromatic rings. The van der Waals surface area contributed by atoms with Crippen LogP contribution in [0.5, 0.6) is 0 Å². The summed E-state index contributed by atoms with van der Waals surface area (Å²) in [4.78, 5) is 0. The van der Waals surface area contributed by atoms with Gasteiger partial charge in [-0.25, -0.2) is 0 Å². The van der Waals surface area contributed by atoms with Crippen LogP contribution in [0.3, 0.4) is 0 Å². The van der Waals surface area contributed by atoms with Crippen molar-refractivity contribution >= 4 is 6.08 Å². The maximum absolute atomic E-state index is 12.4. The van der Waals surface area contributed by atoms with E-state index >= 15 is 0 Å². The normalized spacial score (nSPS) is 14.5. The Morgan fingerprint density at radius 1 is 1.26 bits per heavy atom. The summed E-state index contributed by atoms with van der Waals surface area (Å²) in [7, 11) is 0. The van der Waals surface area contributed by atoms with Crippen molar-refractivity contribution in [2.45, 2.75) is 39.4 Å². The van der Waals surface area contributed by atoms with Crippen LogP contribution >= 0.6 is 0 Å². The van der Waals surface area contributed by atoms with Gasteiger partial charge < -0.3 is 5.32 Å². The van der Waals surface area contributed by atoms with E-state index in [2.05, 4.69) is 12.2 Å². The van der Waals surface area contributed by atoms with E-state index in [9.17, 15) is 13.2 Å². The Morgan fingerprint density at radius 2 is 1.84 bits per heavy atom. The number of rotatable bonds is 5. The zero-order chi connectivity index (χ0) is 14.5. The van der Waals surface area contributed by atoms with Crippen molar-refractivity contribution in [1.82, 2.24) is 5.32 Å². The summed E-state index contributed by atoms with van der Waals surface area (Å²) in [6.45, 7) is 7.05. The quantitative estimate of drug-likeness (QED) is 0.831. The number of nitrogens with one attached hydrogen (secondary N) is 1. The van der Waals surface area contributed by atoms with Crippen molar-refractivity contribution in [3.05, 3.63) is 41.0 Å². The highest BCUT2D eigenvalue weighted by Crippen LogP contribution is 2.29. The number of hydrogen-bond acceptors (Lipinski definition) is 1. The van der Waals surface area contributed by atoms with Gasteiger partial charge in [-0.1, -0.05) is 30.7 Å². The molecule has 4 heteroatoms. The second-order valence-electron chi connectivity index (χ2n) is 4.68. The van der Waals surface area contributed by atoms with Gasteiger partial charge in [0.15, 0.2) is 0 Å². The summed E-state index contributed by atoms with van der Waals surface area (Å²) in [5.74, 6) is 0.